The molecule has 1 N–H and O–H groups in total. The van der Waals surface area contributed by atoms with Crippen LogP contribution in [0.1, 0.15) is 11.3 Å². The molecule has 2 aromatic heterocycles. The Kier molecular flexibility index (Phi) is 4.13. The van der Waals surface area contributed by atoms with Crippen molar-refractivity contribution in [2.45, 2.75) is 19.9 Å². The minimum Gasteiger partial charge on any atom is -0.315 e. The quantitative estimate of drug-likeness (QED) is 0.777. The maximum absolute atomic E-state index is 4.34. The Morgan fingerprint density at radius 2 is 2.31 bits per heavy atom. The predicted molar refractivity (Wildman–Crippen MR) is 67.9 cm³/mol. The minimum atomic E-state index is 0.942. The monoisotopic (exact) mass is 235 g/mol. The highest BCUT2D eigenvalue weighted by Crippen LogP contribution is 2.05. The van der Waals surface area contributed by atoms with Crippen molar-refractivity contribution in [2.24, 2.45) is 0 Å². The molecule has 0 saturated carbocycles. The van der Waals surface area contributed by atoms with Gasteiger partial charge in [0.2, 0.25) is 0 Å². The fraction of sp³-hybridized carbons (Fsp3) is 0.417. The third-order valence-electron chi connectivity index (χ3n) is 2.46. The molecule has 0 aliphatic heterocycles. The lowest BCUT2D eigenvalue weighted by atomic mass is 10.2. The highest BCUT2D eigenvalue weighted by Gasteiger charge is 1.95. The summed E-state index contributed by atoms with van der Waals surface area (Å²) in [6.45, 7) is 4.97. The van der Waals surface area contributed by atoms with E-state index in [2.05, 4.69) is 27.2 Å². The van der Waals surface area contributed by atoms with Gasteiger partial charge in [-0.2, -0.15) is 16.4 Å². The number of thiophene rings is 1. The summed E-state index contributed by atoms with van der Waals surface area (Å²) in [6, 6.07) is 4.22. The van der Waals surface area contributed by atoms with Crippen molar-refractivity contribution in [3.05, 3.63) is 40.3 Å². The normalized spacial score (nSPS) is 10.8. The molecule has 0 bridgehead atoms. The molecular formula is C12H17N3S. The van der Waals surface area contributed by atoms with Crippen LogP contribution in [0.3, 0.4) is 0 Å². The third kappa shape index (κ3) is 3.47. The predicted octanol–water partition coefficient (Wildman–Crippen LogP) is 2.09. The maximum Gasteiger partial charge on any atom is 0.0593 e. The van der Waals surface area contributed by atoms with Gasteiger partial charge in [0.25, 0.3) is 0 Å². The zero-order chi connectivity index (χ0) is 11.2. The summed E-state index contributed by atoms with van der Waals surface area (Å²) in [6.07, 6.45) is 3.14. The van der Waals surface area contributed by atoms with E-state index >= 15 is 0 Å². The lowest BCUT2D eigenvalue weighted by molar-refractivity contribution is 0.554. The Hall–Kier alpha value is -1.13. The van der Waals surface area contributed by atoms with Gasteiger partial charge in [-0.1, -0.05) is 0 Å². The van der Waals surface area contributed by atoms with E-state index < -0.39 is 0 Å². The van der Waals surface area contributed by atoms with E-state index in [1.165, 1.54) is 5.56 Å². The van der Waals surface area contributed by atoms with Crippen LogP contribution in [-0.2, 0) is 13.0 Å². The smallest absolute Gasteiger partial charge is 0.0593 e. The first-order chi connectivity index (χ1) is 7.84. The van der Waals surface area contributed by atoms with E-state index in [-0.39, 0.29) is 0 Å². The van der Waals surface area contributed by atoms with Gasteiger partial charge in [-0.15, -0.1) is 0 Å². The summed E-state index contributed by atoms with van der Waals surface area (Å²) in [4.78, 5) is 0. The topological polar surface area (TPSA) is 29.9 Å². The molecule has 16 heavy (non-hydrogen) atoms. The Morgan fingerprint density at radius 3 is 3.00 bits per heavy atom. The van der Waals surface area contributed by atoms with Gasteiger partial charge in [0.1, 0.15) is 0 Å². The van der Waals surface area contributed by atoms with E-state index in [4.69, 9.17) is 0 Å². The van der Waals surface area contributed by atoms with Crippen LogP contribution in [-0.4, -0.2) is 22.9 Å². The van der Waals surface area contributed by atoms with Crippen LogP contribution in [0.5, 0.6) is 0 Å². The van der Waals surface area contributed by atoms with Crippen molar-refractivity contribution in [1.29, 1.82) is 0 Å². The van der Waals surface area contributed by atoms with Gasteiger partial charge in [-0.05, 0) is 48.3 Å². The molecule has 0 aliphatic carbocycles. The Balaban J connectivity index is 1.59. The van der Waals surface area contributed by atoms with Crippen LogP contribution in [0.2, 0.25) is 0 Å². The van der Waals surface area contributed by atoms with Crippen LogP contribution in [0.15, 0.2) is 29.1 Å². The lowest BCUT2D eigenvalue weighted by Crippen LogP contribution is -2.22. The molecule has 0 unspecified atom stereocenters. The SMILES string of the molecule is Cc1ccn(CCNCCc2ccsc2)n1. The van der Waals surface area contributed by atoms with Gasteiger partial charge < -0.3 is 5.32 Å². The van der Waals surface area contributed by atoms with Crippen LogP contribution >= 0.6 is 11.3 Å². The van der Waals surface area contributed by atoms with Crippen molar-refractivity contribution < 1.29 is 0 Å². The van der Waals surface area contributed by atoms with E-state index in [1.54, 1.807) is 11.3 Å². The average Bonchev–Trinajstić information content (AvgIpc) is 2.89. The molecule has 86 valence electrons. The zero-order valence-corrected chi connectivity index (χ0v) is 10.3. The van der Waals surface area contributed by atoms with E-state index in [9.17, 15) is 0 Å². The van der Waals surface area contributed by atoms with Crippen molar-refractivity contribution in [3.8, 4) is 0 Å². The molecular weight excluding hydrogens is 218 g/mol. The number of nitrogens with one attached hydrogen (secondary N) is 1. The number of hydrogen-bond acceptors (Lipinski definition) is 3. The Bertz CT molecular complexity index is 406. The van der Waals surface area contributed by atoms with Crippen LogP contribution < -0.4 is 5.32 Å². The van der Waals surface area contributed by atoms with Gasteiger partial charge in [-0.3, -0.25) is 4.68 Å². The molecule has 0 atom stereocenters. The number of rotatable bonds is 6. The van der Waals surface area contributed by atoms with Gasteiger partial charge in [-0.25, -0.2) is 0 Å². The summed E-state index contributed by atoms with van der Waals surface area (Å²) in [5, 5.41) is 12.1. The number of aromatic nitrogens is 2. The first-order valence-corrected chi connectivity index (χ1v) is 6.51. The standard InChI is InChI=1S/C12H17N3S/c1-11-3-7-15(14-11)8-6-13-5-2-12-4-9-16-10-12/h3-4,7,9-10,13H,2,5-6,8H2,1H3. The molecule has 3 nitrogen and oxygen atoms in total. The summed E-state index contributed by atoms with van der Waals surface area (Å²) >= 11 is 1.76. The summed E-state index contributed by atoms with van der Waals surface area (Å²) in [5.41, 5.74) is 2.51. The average molecular weight is 235 g/mol. The lowest BCUT2D eigenvalue weighted by Gasteiger charge is -2.04. The van der Waals surface area contributed by atoms with E-state index in [0.29, 0.717) is 0 Å². The highest BCUT2D eigenvalue weighted by molar-refractivity contribution is 7.07. The molecule has 0 amide bonds. The maximum atomic E-state index is 4.34. The van der Waals surface area contributed by atoms with E-state index in [1.807, 2.05) is 23.9 Å². The Labute approximate surface area is 100 Å². The fourth-order valence-corrected chi connectivity index (χ4v) is 2.28. The molecule has 0 aliphatic rings. The van der Waals surface area contributed by atoms with E-state index in [0.717, 1.165) is 31.7 Å². The first kappa shape index (κ1) is 11.4. The molecule has 2 rings (SSSR count). The molecule has 0 spiro atoms. The molecule has 0 fully saturated rings. The van der Waals surface area contributed by atoms with Crippen molar-refractivity contribution in [1.82, 2.24) is 15.1 Å². The van der Waals surface area contributed by atoms with Gasteiger partial charge in [0.15, 0.2) is 0 Å². The zero-order valence-electron chi connectivity index (χ0n) is 9.52. The second-order valence-electron chi connectivity index (χ2n) is 3.85. The fourth-order valence-electron chi connectivity index (χ4n) is 1.57. The number of hydrogen-bond donors (Lipinski definition) is 1. The summed E-state index contributed by atoms with van der Waals surface area (Å²) in [7, 11) is 0. The minimum absolute atomic E-state index is 0.942. The van der Waals surface area contributed by atoms with Crippen LogP contribution in [0, 0.1) is 6.92 Å². The third-order valence-corrected chi connectivity index (χ3v) is 3.19. The molecule has 0 radical (unpaired) electrons. The summed E-state index contributed by atoms with van der Waals surface area (Å²) in [5.74, 6) is 0. The van der Waals surface area contributed by atoms with Crippen LogP contribution in [0.4, 0.5) is 0 Å². The molecule has 4 heteroatoms. The largest absolute Gasteiger partial charge is 0.315 e. The second-order valence-corrected chi connectivity index (χ2v) is 4.63. The highest BCUT2D eigenvalue weighted by atomic mass is 32.1. The second kappa shape index (κ2) is 5.82. The van der Waals surface area contributed by atoms with Gasteiger partial charge in [0, 0.05) is 12.7 Å². The van der Waals surface area contributed by atoms with Gasteiger partial charge >= 0.3 is 0 Å². The van der Waals surface area contributed by atoms with Crippen LogP contribution in [0.25, 0.3) is 0 Å². The Morgan fingerprint density at radius 1 is 1.38 bits per heavy atom. The van der Waals surface area contributed by atoms with Gasteiger partial charge in [0.05, 0.1) is 12.2 Å². The first-order valence-electron chi connectivity index (χ1n) is 5.56. The molecule has 0 saturated heterocycles. The number of aryl methyl sites for hydroxylation is 1. The number of nitrogens with zero attached hydrogens (tertiary/aromatic N) is 2. The van der Waals surface area contributed by atoms with Crippen molar-refractivity contribution in [2.75, 3.05) is 13.1 Å². The molecule has 2 heterocycles. The molecule has 0 aromatic carbocycles. The summed E-state index contributed by atoms with van der Waals surface area (Å²) < 4.78 is 1.98. The van der Waals surface area contributed by atoms with Crippen molar-refractivity contribution in [3.63, 3.8) is 0 Å². The van der Waals surface area contributed by atoms with Crippen molar-refractivity contribution >= 4 is 11.3 Å². The molecule has 2 aromatic rings.